The minimum atomic E-state index is 0.108. The molecule has 2 aromatic heterocycles. The number of oxime groups is 1. The van der Waals surface area contributed by atoms with Crippen LogP contribution in [0, 0.1) is 0 Å². The fourth-order valence-corrected chi connectivity index (χ4v) is 3.16. The zero-order valence-corrected chi connectivity index (χ0v) is 17.5. The van der Waals surface area contributed by atoms with Crippen molar-refractivity contribution in [1.29, 1.82) is 0 Å². The van der Waals surface area contributed by atoms with Crippen molar-refractivity contribution in [2.24, 2.45) is 12.2 Å². The summed E-state index contributed by atoms with van der Waals surface area (Å²) in [6.07, 6.45) is 2.94. The molecule has 0 spiro atoms. The van der Waals surface area contributed by atoms with Crippen LogP contribution < -0.4 is 14.8 Å². The van der Waals surface area contributed by atoms with Crippen molar-refractivity contribution < 1.29 is 14.7 Å². The minimum Gasteiger partial charge on any atom is -0.491 e. The lowest BCUT2D eigenvalue weighted by atomic mass is 10.3. The van der Waals surface area contributed by atoms with Crippen molar-refractivity contribution in [2.75, 3.05) is 5.32 Å². The summed E-state index contributed by atoms with van der Waals surface area (Å²) < 4.78 is 13.7. The summed E-state index contributed by atoms with van der Waals surface area (Å²) in [5.41, 5.74) is 3.15. The zero-order valence-electron chi connectivity index (χ0n) is 17.5. The molecular weight excluding hydrogens is 394 g/mol. The van der Waals surface area contributed by atoms with Gasteiger partial charge in [-0.05, 0) is 44.2 Å². The number of aromatic nitrogens is 3. The molecule has 0 radical (unpaired) electrons. The molecular formula is C23H23N5O3. The summed E-state index contributed by atoms with van der Waals surface area (Å²) in [6, 6.07) is 16.9. The number of rotatable bonds is 7. The SMILES string of the molecule is CC(C)Oc1cccc(Nc2nc3cc(Oc4ccnc(/C=N/O)c4)ccc3n2C)c1. The van der Waals surface area contributed by atoms with Crippen molar-refractivity contribution in [3.63, 3.8) is 0 Å². The lowest BCUT2D eigenvalue weighted by Gasteiger charge is -2.11. The van der Waals surface area contributed by atoms with E-state index < -0.39 is 0 Å². The summed E-state index contributed by atoms with van der Waals surface area (Å²) in [5, 5.41) is 15.0. The largest absolute Gasteiger partial charge is 0.491 e. The summed E-state index contributed by atoms with van der Waals surface area (Å²) in [4.78, 5) is 8.79. The predicted molar refractivity (Wildman–Crippen MR) is 120 cm³/mol. The number of ether oxygens (including phenoxy) is 2. The summed E-state index contributed by atoms with van der Waals surface area (Å²) in [6.45, 7) is 4.00. The van der Waals surface area contributed by atoms with Gasteiger partial charge in [0, 0.05) is 37.1 Å². The van der Waals surface area contributed by atoms with Crippen LogP contribution in [0.15, 0.2) is 65.9 Å². The van der Waals surface area contributed by atoms with Gasteiger partial charge in [0.15, 0.2) is 0 Å². The third-order valence-electron chi connectivity index (χ3n) is 4.49. The maximum absolute atomic E-state index is 8.67. The Balaban J connectivity index is 1.57. The molecule has 4 aromatic rings. The van der Waals surface area contributed by atoms with Crippen LogP contribution in [0.4, 0.5) is 11.6 Å². The standard InChI is InChI=1S/C23H23N5O3/c1-15(2)30-18-6-4-5-16(11-18)26-23-27-21-13-19(7-8-22(21)28(23)3)31-20-9-10-24-17(12-20)14-25-29/h4-15,29H,1-3H3,(H,26,27)/b25-14+. The Labute approximate surface area is 179 Å². The van der Waals surface area contributed by atoms with Crippen LogP contribution in [-0.4, -0.2) is 32.1 Å². The number of imidazole rings is 1. The Bertz CT molecular complexity index is 1230. The van der Waals surface area contributed by atoms with E-state index in [1.54, 1.807) is 18.3 Å². The van der Waals surface area contributed by atoms with E-state index in [0.29, 0.717) is 23.1 Å². The predicted octanol–water partition coefficient (Wildman–Crippen LogP) is 5.10. The van der Waals surface area contributed by atoms with E-state index in [0.717, 1.165) is 22.5 Å². The number of anilines is 2. The second kappa shape index (κ2) is 8.74. The molecule has 0 aliphatic heterocycles. The van der Waals surface area contributed by atoms with Crippen LogP contribution >= 0.6 is 0 Å². The first-order chi connectivity index (χ1) is 15.0. The number of nitrogens with one attached hydrogen (secondary N) is 1. The molecule has 0 aliphatic rings. The average molecular weight is 417 g/mol. The van der Waals surface area contributed by atoms with Gasteiger partial charge in [-0.3, -0.25) is 4.98 Å². The van der Waals surface area contributed by atoms with E-state index in [-0.39, 0.29) is 6.10 Å². The molecule has 0 saturated heterocycles. The topological polar surface area (TPSA) is 93.8 Å². The van der Waals surface area contributed by atoms with Crippen molar-refractivity contribution >= 4 is 28.9 Å². The van der Waals surface area contributed by atoms with Gasteiger partial charge >= 0.3 is 0 Å². The fraction of sp³-hybridized carbons (Fsp3) is 0.174. The Morgan fingerprint density at radius 1 is 1.06 bits per heavy atom. The van der Waals surface area contributed by atoms with Crippen molar-refractivity contribution in [1.82, 2.24) is 14.5 Å². The summed E-state index contributed by atoms with van der Waals surface area (Å²) in [7, 11) is 1.95. The van der Waals surface area contributed by atoms with E-state index in [9.17, 15) is 0 Å². The maximum atomic E-state index is 8.67. The van der Waals surface area contributed by atoms with Crippen LogP contribution in [0.5, 0.6) is 17.2 Å². The third-order valence-corrected chi connectivity index (χ3v) is 4.49. The van der Waals surface area contributed by atoms with Gasteiger partial charge in [-0.1, -0.05) is 11.2 Å². The molecule has 4 rings (SSSR count). The van der Waals surface area contributed by atoms with E-state index in [1.807, 2.05) is 67.9 Å². The second-order valence-electron chi connectivity index (χ2n) is 7.23. The maximum Gasteiger partial charge on any atom is 0.208 e. The number of aryl methyl sites for hydroxylation is 1. The molecule has 8 nitrogen and oxygen atoms in total. The molecule has 158 valence electrons. The quantitative estimate of drug-likeness (QED) is 0.247. The van der Waals surface area contributed by atoms with E-state index >= 15 is 0 Å². The van der Waals surface area contributed by atoms with Crippen molar-refractivity contribution in [3.05, 3.63) is 66.5 Å². The molecule has 2 aromatic carbocycles. The lowest BCUT2D eigenvalue weighted by Crippen LogP contribution is -2.06. The second-order valence-corrected chi connectivity index (χ2v) is 7.23. The van der Waals surface area contributed by atoms with Crippen LogP contribution in [0.1, 0.15) is 19.5 Å². The van der Waals surface area contributed by atoms with Gasteiger partial charge < -0.3 is 24.6 Å². The molecule has 2 N–H and O–H groups in total. The highest BCUT2D eigenvalue weighted by atomic mass is 16.5. The Morgan fingerprint density at radius 2 is 1.90 bits per heavy atom. The van der Waals surface area contributed by atoms with Crippen LogP contribution in [0.25, 0.3) is 11.0 Å². The van der Waals surface area contributed by atoms with Gasteiger partial charge in [-0.25, -0.2) is 4.98 Å². The van der Waals surface area contributed by atoms with Crippen LogP contribution in [-0.2, 0) is 7.05 Å². The molecule has 0 bridgehead atoms. The van der Waals surface area contributed by atoms with Crippen molar-refractivity contribution in [2.45, 2.75) is 20.0 Å². The van der Waals surface area contributed by atoms with Crippen LogP contribution in [0.2, 0.25) is 0 Å². The molecule has 0 aliphatic carbocycles. The molecule has 8 heteroatoms. The van der Waals surface area contributed by atoms with Crippen LogP contribution in [0.3, 0.4) is 0 Å². The Hall–Kier alpha value is -4.07. The first-order valence-electron chi connectivity index (χ1n) is 9.83. The molecule has 0 fully saturated rings. The van der Waals surface area contributed by atoms with Gasteiger partial charge in [-0.15, -0.1) is 0 Å². The highest BCUT2D eigenvalue weighted by Crippen LogP contribution is 2.29. The lowest BCUT2D eigenvalue weighted by molar-refractivity contribution is 0.242. The number of pyridine rings is 1. The fourth-order valence-electron chi connectivity index (χ4n) is 3.16. The summed E-state index contributed by atoms with van der Waals surface area (Å²) in [5.74, 6) is 2.74. The smallest absolute Gasteiger partial charge is 0.208 e. The highest BCUT2D eigenvalue weighted by Gasteiger charge is 2.10. The first-order valence-corrected chi connectivity index (χ1v) is 9.83. The minimum absolute atomic E-state index is 0.108. The third kappa shape index (κ3) is 4.75. The van der Waals surface area contributed by atoms with Gasteiger partial charge in [-0.2, -0.15) is 0 Å². The average Bonchev–Trinajstić information content (AvgIpc) is 3.03. The number of fused-ring (bicyclic) bond motifs is 1. The molecule has 2 heterocycles. The van der Waals surface area contributed by atoms with Gasteiger partial charge in [0.25, 0.3) is 0 Å². The Morgan fingerprint density at radius 3 is 2.71 bits per heavy atom. The first kappa shape index (κ1) is 20.2. The highest BCUT2D eigenvalue weighted by molar-refractivity contribution is 5.81. The number of hydrogen-bond acceptors (Lipinski definition) is 7. The molecule has 0 unspecified atom stereocenters. The van der Waals surface area contributed by atoms with E-state index in [2.05, 4.69) is 15.5 Å². The Kier molecular flexibility index (Phi) is 5.70. The molecule has 0 saturated carbocycles. The summed E-state index contributed by atoms with van der Waals surface area (Å²) >= 11 is 0. The van der Waals surface area contributed by atoms with Crippen molar-refractivity contribution in [3.8, 4) is 17.2 Å². The van der Waals surface area contributed by atoms with E-state index in [1.165, 1.54) is 6.21 Å². The molecule has 0 amide bonds. The van der Waals surface area contributed by atoms with E-state index in [4.69, 9.17) is 19.7 Å². The molecule has 31 heavy (non-hydrogen) atoms. The van der Waals surface area contributed by atoms with Gasteiger partial charge in [0.2, 0.25) is 5.95 Å². The number of hydrogen-bond donors (Lipinski definition) is 2. The van der Waals surface area contributed by atoms with Gasteiger partial charge in [0.05, 0.1) is 29.0 Å². The normalized spacial score (nSPS) is 11.4. The van der Waals surface area contributed by atoms with Gasteiger partial charge in [0.1, 0.15) is 17.2 Å². The monoisotopic (exact) mass is 417 g/mol. The molecule has 0 atom stereocenters. The number of benzene rings is 2. The number of nitrogens with zero attached hydrogens (tertiary/aromatic N) is 4. The zero-order chi connectivity index (χ0) is 21.8.